The predicted molar refractivity (Wildman–Crippen MR) is 133 cm³/mol. The van der Waals surface area contributed by atoms with Crippen LogP contribution < -0.4 is 0 Å². The number of rotatable bonds is 4. The van der Waals surface area contributed by atoms with Crippen molar-refractivity contribution < 1.29 is 0 Å². The molecule has 0 aromatic heterocycles. The topological polar surface area (TPSA) is 0 Å². The van der Waals surface area contributed by atoms with Gasteiger partial charge in [-0.2, -0.15) is 0 Å². The Morgan fingerprint density at radius 3 is 1.35 bits per heavy atom. The van der Waals surface area contributed by atoms with E-state index in [9.17, 15) is 0 Å². The maximum Gasteiger partial charge on any atom is 0.110 e. The van der Waals surface area contributed by atoms with Crippen LogP contribution in [0.5, 0.6) is 0 Å². The van der Waals surface area contributed by atoms with Crippen LogP contribution in [-0.2, 0) is 0 Å². The van der Waals surface area contributed by atoms with Crippen LogP contribution in [-0.4, -0.2) is 7.28 Å². The summed E-state index contributed by atoms with van der Waals surface area (Å²) in [5.41, 5.74) is 3.99. The van der Waals surface area contributed by atoms with E-state index in [1.54, 1.807) is 25.7 Å². The van der Waals surface area contributed by atoms with E-state index in [-0.39, 0.29) is 0 Å². The first-order valence-corrected chi connectivity index (χ1v) is 14.3. The van der Waals surface area contributed by atoms with Gasteiger partial charge in [-0.05, 0) is 120 Å². The van der Waals surface area contributed by atoms with Crippen LogP contribution in [0.25, 0.3) is 0 Å². The molecule has 173 valence electrons. The lowest BCUT2D eigenvalue weighted by Gasteiger charge is -2.77. The summed E-state index contributed by atoms with van der Waals surface area (Å²) in [7, 11) is 2.85. The van der Waals surface area contributed by atoms with E-state index in [0.29, 0.717) is 21.7 Å². The molecule has 6 aliphatic rings. The quantitative estimate of drug-likeness (QED) is 0.398. The number of hydrogen-bond donors (Lipinski definition) is 0. The van der Waals surface area contributed by atoms with Crippen molar-refractivity contribution in [3.05, 3.63) is 0 Å². The summed E-state index contributed by atoms with van der Waals surface area (Å²) in [5.74, 6) is 4.18. The minimum Gasteiger partial charge on any atom is -0.0767 e. The average molecular weight is 422 g/mol. The van der Waals surface area contributed by atoms with E-state index in [4.69, 9.17) is 0 Å². The highest BCUT2D eigenvalue weighted by Gasteiger charge is 2.74. The van der Waals surface area contributed by atoms with Crippen LogP contribution in [0.4, 0.5) is 0 Å². The SMILES string of the molecule is CC1(C)CCCC2(C)C(C[B]CC3C4CCC45CC(C)(C)CCCC35C)C3CCC32C1. The van der Waals surface area contributed by atoms with Gasteiger partial charge >= 0.3 is 0 Å². The Labute approximate surface area is 194 Å². The summed E-state index contributed by atoms with van der Waals surface area (Å²) >= 11 is 0. The molecular formula is C30H50B. The normalized spacial score (nSPS) is 55.8. The molecule has 0 nitrogen and oxygen atoms in total. The zero-order chi connectivity index (χ0) is 21.9. The molecule has 0 amide bonds. The molecule has 0 aliphatic heterocycles. The summed E-state index contributed by atoms with van der Waals surface area (Å²) in [6.45, 7) is 15.7. The molecule has 1 radical (unpaired) electrons. The molecule has 6 aliphatic carbocycles. The van der Waals surface area contributed by atoms with E-state index in [1.165, 1.54) is 64.0 Å². The summed E-state index contributed by atoms with van der Waals surface area (Å²) in [5, 5.41) is 0. The van der Waals surface area contributed by atoms with Gasteiger partial charge in [-0.15, -0.1) is 0 Å². The van der Waals surface area contributed by atoms with Crippen LogP contribution in [0.15, 0.2) is 0 Å². The second-order valence-corrected chi connectivity index (χ2v) is 15.8. The molecule has 0 aromatic rings. The molecule has 6 saturated carbocycles. The second-order valence-electron chi connectivity index (χ2n) is 15.8. The summed E-state index contributed by atoms with van der Waals surface area (Å²) < 4.78 is 0. The van der Waals surface area contributed by atoms with Gasteiger partial charge in [0.25, 0.3) is 0 Å². The van der Waals surface area contributed by atoms with Gasteiger partial charge in [0.15, 0.2) is 0 Å². The molecule has 8 unspecified atom stereocenters. The van der Waals surface area contributed by atoms with Gasteiger partial charge in [0, 0.05) is 0 Å². The molecule has 0 heterocycles. The fourth-order valence-corrected chi connectivity index (χ4v) is 12.1. The molecular weight excluding hydrogens is 371 g/mol. The summed E-state index contributed by atoms with van der Waals surface area (Å²) in [4.78, 5) is 0. The fraction of sp³-hybridized carbons (Fsp3) is 1.00. The predicted octanol–water partition coefficient (Wildman–Crippen LogP) is 8.79. The first-order valence-electron chi connectivity index (χ1n) is 14.3. The highest BCUT2D eigenvalue weighted by Crippen LogP contribution is 2.82. The van der Waals surface area contributed by atoms with E-state index in [1.807, 2.05) is 0 Å². The van der Waals surface area contributed by atoms with Crippen LogP contribution in [0.3, 0.4) is 0 Å². The van der Waals surface area contributed by atoms with Gasteiger partial charge in [-0.1, -0.05) is 67.0 Å². The zero-order valence-electron chi connectivity index (χ0n) is 21.8. The maximum absolute atomic E-state index is 2.85. The van der Waals surface area contributed by atoms with Crippen LogP contribution >= 0.6 is 0 Å². The van der Waals surface area contributed by atoms with Crippen molar-refractivity contribution in [1.82, 2.24) is 0 Å². The van der Waals surface area contributed by atoms with Crippen molar-refractivity contribution in [2.75, 3.05) is 0 Å². The molecule has 1 heteroatoms. The molecule has 0 bridgehead atoms. The van der Waals surface area contributed by atoms with Gasteiger partial charge in [0.1, 0.15) is 7.28 Å². The Morgan fingerprint density at radius 2 is 1.00 bits per heavy atom. The van der Waals surface area contributed by atoms with Gasteiger partial charge < -0.3 is 0 Å². The van der Waals surface area contributed by atoms with E-state index < -0.39 is 0 Å². The smallest absolute Gasteiger partial charge is 0.0767 e. The van der Waals surface area contributed by atoms with Crippen molar-refractivity contribution in [2.45, 2.75) is 131 Å². The van der Waals surface area contributed by atoms with Crippen LogP contribution in [0.1, 0.15) is 119 Å². The standard InChI is InChI=1S/C30H50B/c1-25(2)11-7-13-27(5)23(21-9-15-29(21,27)19-25)17-31-18-24-22-10-16-30(22)20-26(3,4)12-8-14-28(24,30)6/h21-24H,7-20H2,1-6H3. The van der Waals surface area contributed by atoms with Crippen molar-refractivity contribution in [2.24, 2.45) is 56.2 Å². The molecule has 2 spiro atoms. The summed E-state index contributed by atoms with van der Waals surface area (Å²) in [6.07, 6.45) is 21.1. The van der Waals surface area contributed by atoms with E-state index >= 15 is 0 Å². The molecule has 31 heavy (non-hydrogen) atoms. The molecule has 6 fully saturated rings. The third kappa shape index (κ3) is 2.57. The number of hydrogen-bond acceptors (Lipinski definition) is 0. The third-order valence-corrected chi connectivity index (χ3v) is 13.6. The Bertz CT molecular complexity index is 690. The van der Waals surface area contributed by atoms with Crippen molar-refractivity contribution in [1.29, 1.82) is 0 Å². The Hall–Kier alpha value is 0.0649. The highest BCUT2D eigenvalue weighted by molar-refractivity contribution is 6.35. The third-order valence-electron chi connectivity index (χ3n) is 13.6. The Kier molecular flexibility index (Phi) is 4.45. The van der Waals surface area contributed by atoms with Gasteiger partial charge in [0.2, 0.25) is 0 Å². The minimum absolute atomic E-state index is 0.590. The average Bonchev–Trinajstić information content (AvgIpc) is 2.83. The largest absolute Gasteiger partial charge is 0.110 e. The van der Waals surface area contributed by atoms with E-state index in [2.05, 4.69) is 48.8 Å². The molecule has 0 saturated heterocycles. The molecule has 8 atom stereocenters. The van der Waals surface area contributed by atoms with Crippen LogP contribution in [0.2, 0.25) is 12.6 Å². The van der Waals surface area contributed by atoms with Gasteiger partial charge in [0.05, 0.1) is 0 Å². The van der Waals surface area contributed by atoms with Crippen molar-refractivity contribution >= 4 is 7.28 Å². The minimum atomic E-state index is 0.590. The molecule has 0 aromatic carbocycles. The fourth-order valence-electron chi connectivity index (χ4n) is 12.1. The molecule has 6 rings (SSSR count). The van der Waals surface area contributed by atoms with E-state index in [0.717, 1.165) is 34.5 Å². The monoisotopic (exact) mass is 421 g/mol. The first kappa shape index (κ1) is 21.6. The maximum atomic E-state index is 2.85. The second kappa shape index (κ2) is 6.39. The van der Waals surface area contributed by atoms with Crippen molar-refractivity contribution in [3.8, 4) is 0 Å². The highest BCUT2D eigenvalue weighted by atomic mass is 14.8. The molecule has 0 N–H and O–H groups in total. The van der Waals surface area contributed by atoms with Gasteiger partial charge in [-0.25, -0.2) is 0 Å². The van der Waals surface area contributed by atoms with Crippen LogP contribution in [0, 0.1) is 56.2 Å². The zero-order valence-corrected chi connectivity index (χ0v) is 21.8. The Balaban J connectivity index is 1.12. The summed E-state index contributed by atoms with van der Waals surface area (Å²) in [6, 6.07) is 0. The van der Waals surface area contributed by atoms with Crippen molar-refractivity contribution in [3.63, 3.8) is 0 Å². The lowest BCUT2D eigenvalue weighted by molar-refractivity contribution is -0.272. The lowest BCUT2D eigenvalue weighted by atomic mass is 9.25. The first-order chi connectivity index (χ1) is 14.5. The Morgan fingerprint density at radius 1 is 0.581 bits per heavy atom. The van der Waals surface area contributed by atoms with Gasteiger partial charge in [-0.3, -0.25) is 0 Å². The lowest BCUT2D eigenvalue weighted by Crippen LogP contribution is -2.70.